The predicted octanol–water partition coefficient (Wildman–Crippen LogP) is 3.34. The van der Waals surface area contributed by atoms with E-state index in [0.717, 1.165) is 17.8 Å². The fourth-order valence-electron chi connectivity index (χ4n) is 5.21. The number of nitrogens with one attached hydrogen (secondary N) is 1. The van der Waals surface area contributed by atoms with Crippen molar-refractivity contribution in [1.29, 1.82) is 0 Å². The molecule has 18 heavy (non-hydrogen) atoms. The Kier molecular flexibility index (Phi) is 3.03. The molecule has 4 aliphatic carbocycles. The van der Waals surface area contributed by atoms with Crippen molar-refractivity contribution in [2.45, 2.75) is 58.4 Å². The number of amides is 1. The van der Waals surface area contributed by atoms with Gasteiger partial charge in [0.15, 0.2) is 0 Å². The summed E-state index contributed by atoms with van der Waals surface area (Å²) in [4.78, 5) is 11.6. The minimum absolute atomic E-state index is 0.235. The average Bonchev–Trinajstić information content (AvgIpc) is 2.27. The monoisotopic (exact) mass is 251 g/mol. The molecule has 4 saturated carbocycles. The summed E-state index contributed by atoms with van der Waals surface area (Å²) < 4.78 is 5.03. The molecule has 0 spiro atoms. The van der Waals surface area contributed by atoms with Crippen molar-refractivity contribution in [1.82, 2.24) is 5.32 Å². The first-order chi connectivity index (χ1) is 8.61. The van der Waals surface area contributed by atoms with Crippen LogP contribution in [0.1, 0.15) is 52.4 Å². The van der Waals surface area contributed by atoms with Crippen LogP contribution in [0.2, 0.25) is 0 Å². The Hall–Kier alpha value is -0.730. The third kappa shape index (κ3) is 2.02. The van der Waals surface area contributed by atoms with Gasteiger partial charge >= 0.3 is 6.09 Å². The fourth-order valence-corrected chi connectivity index (χ4v) is 5.21. The van der Waals surface area contributed by atoms with E-state index in [1.54, 1.807) is 0 Å². The lowest BCUT2D eigenvalue weighted by molar-refractivity contribution is -0.0695. The third-order valence-electron chi connectivity index (χ3n) is 5.61. The molecule has 4 fully saturated rings. The summed E-state index contributed by atoms with van der Waals surface area (Å²) in [7, 11) is 0. The van der Waals surface area contributed by atoms with Crippen LogP contribution in [-0.4, -0.2) is 18.7 Å². The van der Waals surface area contributed by atoms with Gasteiger partial charge in [0.25, 0.3) is 0 Å². The lowest BCUT2D eigenvalue weighted by Crippen LogP contribution is -2.55. The van der Waals surface area contributed by atoms with Crippen molar-refractivity contribution >= 4 is 6.09 Å². The normalized spacial score (nSPS) is 42.7. The van der Waals surface area contributed by atoms with Gasteiger partial charge in [0, 0.05) is 6.04 Å². The Morgan fingerprint density at radius 1 is 1.22 bits per heavy atom. The van der Waals surface area contributed by atoms with Crippen LogP contribution in [0.15, 0.2) is 0 Å². The van der Waals surface area contributed by atoms with Gasteiger partial charge in [-0.2, -0.15) is 0 Å². The summed E-state index contributed by atoms with van der Waals surface area (Å²) in [6.07, 6.45) is 8.09. The second kappa shape index (κ2) is 4.43. The van der Waals surface area contributed by atoms with E-state index in [4.69, 9.17) is 4.74 Å². The van der Waals surface area contributed by atoms with Crippen LogP contribution in [0.4, 0.5) is 4.79 Å². The Morgan fingerprint density at radius 3 is 2.17 bits per heavy atom. The number of carbonyl (C=O) groups excluding carboxylic acids is 1. The molecule has 0 aromatic carbocycles. The molecule has 0 unspecified atom stereocenters. The zero-order chi connectivity index (χ0) is 12.8. The number of hydrogen-bond acceptors (Lipinski definition) is 2. The van der Waals surface area contributed by atoms with E-state index >= 15 is 0 Å². The first-order valence-corrected chi connectivity index (χ1v) is 7.54. The van der Waals surface area contributed by atoms with Crippen LogP contribution >= 0.6 is 0 Å². The van der Waals surface area contributed by atoms with Gasteiger partial charge in [0.1, 0.15) is 0 Å². The van der Waals surface area contributed by atoms with E-state index < -0.39 is 0 Å². The summed E-state index contributed by atoms with van der Waals surface area (Å²) >= 11 is 0. The van der Waals surface area contributed by atoms with E-state index in [-0.39, 0.29) is 12.1 Å². The van der Waals surface area contributed by atoms with E-state index in [9.17, 15) is 4.79 Å². The van der Waals surface area contributed by atoms with Gasteiger partial charge in [-0.05, 0) is 75.5 Å². The second-order valence-electron chi connectivity index (χ2n) is 6.87. The Morgan fingerprint density at radius 2 is 1.72 bits per heavy atom. The summed E-state index contributed by atoms with van der Waals surface area (Å²) in [5.74, 6) is 2.80. The van der Waals surface area contributed by atoms with E-state index in [0.29, 0.717) is 12.0 Å². The highest BCUT2D eigenvalue weighted by Crippen LogP contribution is 2.61. The SMILES string of the molecule is CCOC(=O)N[C@H](C)C12CC3CC(CC(C3)C1)C2. The van der Waals surface area contributed by atoms with Crippen molar-refractivity contribution in [2.24, 2.45) is 23.2 Å². The lowest BCUT2D eigenvalue weighted by atomic mass is 9.48. The first-order valence-electron chi connectivity index (χ1n) is 7.54. The molecule has 0 saturated heterocycles. The summed E-state index contributed by atoms with van der Waals surface area (Å²) in [5.41, 5.74) is 0.376. The van der Waals surface area contributed by atoms with Gasteiger partial charge in [0.2, 0.25) is 0 Å². The molecule has 0 aliphatic heterocycles. The quantitative estimate of drug-likeness (QED) is 0.835. The molecule has 102 valence electrons. The first kappa shape index (κ1) is 12.3. The zero-order valence-electron chi connectivity index (χ0n) is 11.6. The molecular formula is C15H25NO2. The molecule has 0 aromatic heterocycles. The Balaban J connectivity index is 1.69. The Bertz CT molecular complexity index is 304. The number of rotatable bonds is 3. The van der Waals surface area contributed by atoms with Crippen molar-refractivity contribution < 1.29 is 9.53 Å². The Labute approximate surface area is 110 Å². The molecule has 1 N–H and O–H groups in total. The van der Waals surface area contributed by atoms with Gasteiger partial charge < -0.3 is 10.1 Å². The topological polar surface area (TPSA) is 38.3 Å². The molecule has 4 aliphatic rings. The van der Waals surface area contributed by atoms with Crippen molar-refractivity contribution in [3.8, 4) is 0 Å². The molecular weight excluding hydrogens is 226 g/mol. The van der Waals surface area contributed by atoms with Crippen LogP contribution < -0.4 is 5.32 Å². The minimum atomic E-state index is -0.235. The van der Waals surface area contributed by atoms with E-state index in [2.05, 4.69) is 12.2 Å². The van der Waals surface area contributed by atoms with Crippen LogP contribution in [0.5, 0.6) is 0 Å². The maximum Gasteiger partial charge on any atom is 0.407 e. The molecule has 3 nitrogen and oxygen atoms in total. The molecule has 3 heteroatoms. The number of hydrogen-bond donors (Lipinski definition) is 1. The highest BCUT2D eigenvalue weighted by molar-refractivity contribution is 5.67. The van der Waals surface area contributed by atoms with Crippen LogP contribution in [0.3, 0.4) is 0 Å². The highest BCUT2D eigenvalue weighted by atomic mass is 16.5. The zero-order valence-corrected chi connectivity index (χ0v) is 11.6. The second-order valence-corrected chi connectivity index (χ2v) is 6.87. The predicted molar refractivity (Wildman–Crippen MR) is 70.2 cm³/mol. The average molecular weight is 251 g/mol. The molecule has 0 radical (unpaired) electrons. The molecule has 0 heterocycles. The van der Waals surface area contributed by atoms with Crippen LogP contribution in [0, 0.1) is 23.2 Å². The van der Waals surface area contributed by atoms with Crippen LogP contribution in [0.25, 0.3) is 0 Å². The largest absolute Gasteiger partial charge is 0.450 e. The third-order valence-corrected chi connectivity index (χ3v) is 5.61. The fraction of sp³-hybridized carbons (Fsp3) is 0.933. The standard InChI is InChI=1S/C15H25NO2/c1-3-18-14(17)16-10(2)15-7-11-4-12(8-15)6-13(5-11)9-15/h10-13H,3-9H2,1-2H3,(H,16,17)/t10-,11?,12?,13?,15?/m1/s1. The summed E-state index contributed by atoms with van der Waals surface area (Å²) in [6.45, 7) is 4.50. The highest BCUT2D eigenvalue weighted by Gasteiger charge is 2.53. The number of ether oxygens (including phenoxy) is 1. The van der Waals surface area contributed by atoms with Gasteiger partial charge in [-0.15, -0.1) is 0 Å². The van der Waals surface area contributed by atoms with E-state index in [1.807, 2.05) is 6.92 Å². The van der Waals surface area contributed by atoms with Crippen LogP contribution in [-0.2, 0) is 4.74 Å². The maximum atomic E-state index is 11.6. The minimum Gasteiger partial charge on any atom is -0.450 e. The van der Waals surface area contributed by atoms with Crippen molar-refractivity contribution in [2.75, 3.05) is 6.61 Å². The van der Waals surface area contributed by atoms with Crippen molar-refractivity contribution in [3.63, 3.8) is 0 Å². The molecule has 4 rings (SSSR count). The molecule has 1 atom stereocenters. The molecule has 1 amide bonds. The maximum absolute atomic E-state index is 11.6. The lowest BCUT2D eigenvalue weighted by Gasteiger charge is -2.59. The molecule has 0 aromatic rings. The van der Waals surface area contributed by atoms with Gasteiger partial charge in [-0.25, -0.2) is 4.79 Å². The molecule has 4 bridgehead atoms. The van der Waals surface area contributed by atoms with Gasteiger partial charge in [0.05, 0.1) is 6.61 Å². The van der Waals surface area contributed by atoms with Gasteiger partial charge in [-0.3, -0.25) is 0 Å². The van der Waals surface area contributed by atoms with Crippen molar-refractivity contribution in [3.05, 3.63) is 0 Å². The summed E-state index contributed by atoms with van der Waals surface area (Å²) in [5, 5.41) is 3.08. The summed E-state index contributed by atoms with van der Waals surface area (Å²) in [6, 6.07) is 0.268. The number of carbonyl (C=O) groups is 1. The smallest absolute Gasteiger partial charge is 0.407 e. The van der Waals surface area contributed by atoms with Gasteiger partial charge in [-0.1, -0.05) is 0 Å². The van der Waals surface area contributed by atoms with E-state index in [1.165, 1.54) is 38.5 Å². The number of alkyl carbamates (subject to hydrolysis) is 1.